The Balaban J connectivity index is 1.83. The zero-order valence-corrected chi connectivity index (χ0v) is 12.2. The molecule has 2 aromatic carbocycles. The lowest BCUT2D eigenvalue weighted by Gasteiger charge is -2.04. The first-order valence-corrected chi connectivity index (χ1v) is 7.40. The minimum absolute atomic E-state index is 0.630. The summed E-state index contributed by atoms with van der Waals surface area (Å²) >= 11 is 1.54. The van der Waals surface area contributed by atoms with Crippen molar-refractivity contribution in [1.29, 1.82) is 0 Å². The molecule has 0 aliphatic heterocycles. The van der Waals surface area contributed by atoms with E-state index in [2.05, 4.69) is 60.4 Å². The van der Waals surface area contributed by atoms with E-state index in [1.807, 2.05) is 6.07 Å². The molecule has 0 saturated carbocycles. The van der Waals surface area contributed by atoms with E-state index in [-0.39, 0.29) is 0 Å². The number of hydrogen-bond acceptors (Lipinski definition) is 3. The highest BCUT2D eigenvalue weighted by atomic mass is 32.1. The average molecular weight is 280 g/mol. The topological polar surface area (TPSA) is 38.9 Å². The fourth-order valence-corrected chi connectivity index (χ4v) is 3.01. The lowest BCUT2D eigenvalue weighted by Crippen LogP contribution is -1.88. The molecule has 0 fully saturated rings. The van der Waals surface area contributed by atoms with E-state index in [0.29, 0.717) is 5.13 Å². The first kappa shape index (κ1) is 12.9. The molecule has 0 atom stereocenters. The summed E-state index contributed by atoms with van der Waals surface area (Å²) in [4.78, 5) is 5.56. The molecule has 3 rings (SSSR count). The Kier molecular flexibility index (Phi) is 3.52. The summed E-state index contributed by atoms with van der Waals surface area (Å²) in [6.45, 7) is 2.06. The third kappa shape index (κ3) is 2.73. The predicted octanol–water partition coefficient (Wildman–Crippen LogP) is 4.29. The summed E-state index contributed by atoms with van der Waals surface area (Å²) in [6.07, 6.45) is 0.958. The molecule has 1 heterocycles. The van der Waals surface area contributed by atoms with E-state index in [1.54, 1.807) is 0 Å². The van der Waals surface area contributed by atoms with Crippen molar-refractivity contribution in [2.45, 2.75) is 13.3 Å². The van der Waals surface area contributed by atoms with Crippen LogP contribution in [-0.4, -0.2) is 4.98 Å². The average Bonchev–Trinajstić information content (AvgIpc) is 2.80. The van der Waals surface area contributed by atoms with Crippen molar-refractivity contribution in [3.63, 3.8) is 0 Å². The molecular formula is C17H16N2S. The maximum atomic E-state index is 5.76. The molecule has 0 unspecified atom stereocenters. The van der Waals surface area contributed by atoms with Crippen LogP contribution in [0.5, 0.6) is 0 Å². The molecule has 20 heavy (non-hydrogen) atoms. The van der Waals surface area contributed by atoms with Gasteiger partial charge in [-0.2, -0.15) is 0 Å². The summed E-state index contributed by atoms with van der Waals surface area (Å²) in [7, 11) is 0. The Hall–Kier alpha value is -2.13. The minimum Gasteiger partial charge on any atom is -0.375 e. The van der Waals surface area contributed by atoms with Crippen molar-refractivity contribution in [1.82, 2.24) is 4.98 Å². The highest BCUT2D eigenvalue weighted by Gasteiger charge is 2.07. The van der Waals surface area contributed by atoms with Crippen molar-refractivity contribution >= 4 is 16.5 Å². The molecule has 0 amide bonds. The van der Waals surface area contributed by atoms with Crippen molar-refractivity contribution in [2.75, 3.05) is 5.73 Å². The predicted molar refractivity (Wildman–Crippen MR) is 85.9 cm³/mol. The Morgan fingerprint density at radius 1 is 0.950 bits per heavy atom. The summed E-state index contributed by atoms with van der Waals surface area (Å²) in [5.74, 6) is 0. The fraction of sp³-hybridized carbons (Fsp3) is 0.118. The van der Waals surface area contributed by atoms with Gasteiger partial charge in [-0.15, -0.1) is 11.3 Å². The molecule has 0 spiro atoms. The van der Waals surface area contributed by atoms with Gasteiger partial charge in [-0.3, -0.25) is 0 Å². The number of nitrogen functional groups attached to an aromatic ring is 1. The van der Waals surface area contributed by atoms with Crippen molar-refractivity contribution in [3.8, 4) is 11.3 Å². The van der Waals surface area contributed by atoms with E-state index >= 15 is 0 Å². The van der Waals surface area contributed by atoms with Gasteiger partial charge in [0.2, 0.25) is 0 Å². The number of benzene rings is 2. The fourth-order valence-electron chi connectivity index (χ4n) is 2.30. The van der Waals surface area contributed by atoms with Crippen LogP contribution >= 0.6 is 11.3 Å². The molecule has 1 aromatic heterocycles. The van der Waals surface area contributed by atoms with Gasteiger partial charge in [0.1, 0.15) is 0 Å². The van der Waals surface area contributed by atoms with Gasteiger partial charge in [-0.1, -0.05) is 54.6 Å². The molecule has 0 radical (unpaired) electrons. The summed E-state index contributed by atoms with van der Waals surface area (Å²) in [6, 6.07) is 19.1. The van der Waals surface area contributed by atoms with Gasteiger partial charge in [-0.25, -0.2) is 4.98 Å². The molecule has 3 aromatic rings. The standard InChI is InChI=1S/C17H16N2S/c1-12-16(19-17(18)20-12)15-9-7-14(8-10-15)11-13-5-3-2-4-6-13/h2-10H,11H2,1H3,(H2,18,19). The first-order chi connectivity index (χ1) is 9.72. The SMILES string of the molecule is Cc1sc(N)nc1-c1ccc(Cc2ccccc2)cc1. The van der Waals surface area contributed by atoms with E-state index in [1.165, 1.54) is 27.3 Å². The van der Waals surface area contributed by atoms with Crippen LogP contribution < -0.4 is 5.73 Å². The zero-order chi connectivity index (χ0) is 13.9. The molecule has 2 N–H and O–H groups in total. The molecule has 0 aliphatic rings. The Morgan fingerprint density at radius 2 is 1.60 bits per heavy atom. The monoisotopic (exact) mass is 280 g/mol. The second kappa shape index (κ2) is 5.47. The number of hydrogen-bond donors (Lipinski definition) is 1. The van der Waals surface area contributed by atoms with Crippen LogP contribution in [0.1, 0.15) is 16.0 Å². The van der Waals surface area contributed by atoms with E-state index in [0.717, 1.165) is 17.7 Å². The largest absolute Gasteiger partial charge is 0.375 e. The number of anilines is 1. The maximum Gasteiger partial charge on any atom is 0.180 e. The lowest BCUT2D eigenvalue weighted by molar-refractivity contribution is 1.19. The van der Waals surface area contributed by atoms with E-state index in [9.17, 15) is 0 Å². The van der Waals surface area contributed by atoms with Gasteiger partial charge in [0.25, 0.3) is 0 Å². The summed E-state index contributed by atoms with van der Waals surface area (Å²) < 4.78 is 0. The molecular weight excluding hydrogens is 264 g/mol. The maximum absolute atomic E-state index is 5.76. The molecule has 0 saturated heterocycles. The second-order valence-electron chi connectivity index (χ2n) is 4.82. The van der Waals surface area contributed by atoms with Crippen LogP contribution in [0, 0.1) is 6.92 Å². The number of rotatable bonds is 3. The van der Waals surface area contributed by atoms with Crippen molar-refractivity contribution in [2.24, 2.45) is 0 Å². The molecule has 0 aliphatic carbocycles. The first-order valence-electron chi connectivity index (χ1n) is 6.58. The summed E-state index contributed by atoms with van der Waals surface area (Å²) in [5, 5.41) is 0.630. The quantitative estimate of drug-likeness (QED) is 0.777. The van der Waals surface area contributed by atoms with Gasteiger partial charge in [-0.05, 0) is 24.5 Å². The Bertz CT molecular complexity index is 700. The van der Waals surface area contributed by atoms with Crippen LogP contribution in [0.4, 0.5) is 5.13 Å². The number of aryl methyl sites for hydroxylation is 1. The normalized spacial score (nSPS) is 10.7. The van der Waals surface area contributed by atoms with Crippen LogP contribution in [0.3, 0.4) is 0 Å². The summed E-state index contributed by atoms with van der Waals surface area (Å²) in [5.41, 5.74) is 10.5. The number of nitrogens with two attached hydrogens (primary N) is 1. The Labute approximate surface area is 122 Å². The van der Waals surface area contributed by atoms with Crippen LogP contribution in [0.2, 0.25) is 0 Å². The van der Waals surface area contributed by atoms with Crippen LogP contribution in [0.15, 0.2) is 54.6 Å². The third-order valence-corrected chi connectivity index (χ3v) is 4.09. The molecule has 0 bridgehead atoms. The number of nitrogens with zero attached hydrogens (tertiary/aromatic N) is 1. The smallest absolute Gasteiger partial charge is 0.180 e. The highest BCUT2D eigenvalue weighted by Crippen LogP contribution is 2.29. The van der Waals surface area contributed by atoms with Gasteiger partial charge >= 0.3 is 0 Å². The third-order valence-electron chi connectivity index (χ3n) is 3.29. The minimum atomic E-state index is 0.630. The van der Waals surface area contributed by atoms with Crippen molar-refractivity contribution < 1.29 is 0 Å². The van der Waals surface area contributed by atoms with Crippen LogP contribution in [0.25, 0.3) is 11.3 Å². The Morgan fingerprint density at radius 3 is 2.20 bits per heavy atom. The van der Waals surface area contributed by atoms with Gasteiger partial charge in [0.05, 0.1) is 5.69 Å². The molecule has 2 nitrogen and oxygen atoms in total. The van der Waals surface area contributed by atoms with E-state index < -0.39 is 0 Å². The highest BCUT2D eigenvalue weighted by molar-refractivity contribution is 7.15. The number of aromatic nitrogens is 1. The lowest BCUT2D eigenvalue weighted by atomic mass is 10.0. The van der Waals surface area contributed by atoms with Gasteiger partial charge in [0, 0.05) is 10.4 Å². The molecule has 100 valence electrons. The van der Waals surface area contributed by atoms with Crippen LogP contribution in [-0.2, 0) is 6.42 Å². The van der Waals surface area contributed by atoms with Gasteiger partial charge in [0.15, 0.2) is 5.13 Å². The number of thiazole rings is 1. The van der Waals surface area contributed by atoms with E-state index in [4.69, 9.17) is 5.73 Å². The van der Waals surface area contributed by atoms with Gasteiger partial charge < -0.3 is 5.73 Å². The second-order valence-corrected chi connectivity index (χ2v) is 6.05. The van der Waals surface area contributed by atoms with Crippen molar-refractivity contribution in [3.05, 3.63) is 70.6 Å². The zero-order valence-electron chi connectivity index (χ0n) is 11.3. The molecule has 3 heteroatoms.